The Kier molecular flexibility index (Phi) is 5.76. The zero-order valence-corrected chi connectivity index (χ0v) is 14.8. The minimum atomic E-state index is -0.425. The van der Waals surface area contributed by atoms with Crippen LogP contribution in [0.4, 0.5) is 0 Å². The first kappa shape index (κ1) is 17.7. The maximum absolute atomic E-state index is 12.7. The van der Waals surface area contributed by atoms with E-state index in [1.165, 1.54) is 0 Å². The van der Waals surface area contributed by atoms with Crippen molar-refractivity contribution in [3.05, 3.63) is 0 Å². The largest absolute Gasteiger partial charge is 0.347 e. The molecule has 24 heavy (non-hydrogen) atoms. The van der Waals surface area contributed by atoms with E-state index in [1.807, 2.05) is 9.80 Å². The molecule has 3 saturated heterocycles. The van der Waals surface area contributed by atoms with Crippen LogP contribution < -0.4 is 0 Å². The Balaban J connectivity index is 1.43. The number of unbranched alkanes of at least 4 members (excludes halogenated alkanes) is 1. The lowest BCUT2D eigenvalue weighted by atomic mass is 9.93. The van der Waals surface area contributed by atoms with Crippen LogP contribution in [0.3, 0.4) is 0 Å². The molecule has 3 rings (SSSR count). The van der Waals surface area contributed by atoms with E-state index < -0.39 is 5.79 Å². The van der Waals surface area contributed by atoms with Crippen LogP contribution in [-0.4, -0.2) is 66.8 Å². The number of nitrogens with zero attached hydrogens (tertiary/aromatic N) is 2. The lowest BCUT2D eigenvalue weighted by Gasteiger charge is -2.40. The Labute approximate surface area is 144 Å². The molecule has 3 aliphatic rings. The second-order valence-electron chi connectivity index (χ2n) is 7.19. The van der Waals surface area contributed by atoms with Crippen molar-refractivity contribution in [2.75, 3.05) is 39.4 Å². The average Bonchev–Trinajstić information content (AvgIpc) is 3.08. The number of hydrogen-bond acceptors (Lipinski definition) is 4. The fourth-order valence-electron chi connectivity index (χ4n) is 3.97. The molecular weight excluding hydrogens is 308 g/mol. The number of piperidine rings is 2. The van der Waals surface area contributed by atoms with E-state index >= 15 is 0 Å². The molecule has 0 N–H and O–H groups in total. The molecule has 0 atom stereocenters. The van der Waals surface area contributed by atoms with Gasteiger partial charge < -0.3 is 19.3 Å². The molecule has 3 aliphatic heterocycles. The summed E-state index contributed by atoms with van der Waals surface area (Å²) in [4.78, 5) is 28.7. The SMILES string of the molecule is CCCCC(=O)N1CCC(C(=O)N2CCC3(CC2)OCCO3)CC1. The predicted molar refractivity (Wildman–Crippen MR) is 89.3 cm³/mol. The van der Waals surface area contributed by atoms with Gasteiger partial charge in [0.15, 0.2) is 5.79 Å². The predicted octanol–water partition coefficient (Wildman–Crippen LogP) is 1.78. The summed E-state index contributed by atoms with van der Waals surface area (Å²) in [7, 11) is 0. The lowest BCUT2D eigenvalue weighted by molar-refractivity contribution is -0.188. The van der Waals surface area contributed by atoms with Gasteiger partial charge in [-0.15, -0.1) is 0 Å². The number of rotatable bonds is 4. The normalized spacial score (nSPS) is 24.5. The van der Waals surface area contributed by atoms with Gasteiger partial charge >= 0.3 is 0 Å². The summed E-state index contributed by atoms with van der Waals surface area (Å²) in [5.74, 6) is 0.146. The van der Waals surface area contributed by atoms with Gasteiger partial charge in [-0.2, -0.15) is 0 Å². The van der Waals surface area contributed by atoms with Gasteiger partial charge in [-0.3, -0.25) is 9.59 Å². The number of hydrogen-bond donors (Lipinski definition) is 0. The maximum Gasteiger partial charge on any atom is 0.225 e. The molecular formula is C18H30N2O4. The highest BCUT2D eigenvalue weighted by Gasteiger charge is 2.42. The number of carbonyl (C=O) groups excluding carboxylic acids is 2. The van der Waals surface area contributed by atoms with Crippen LogP contribution >= 0.6 is 0 Å². The van der Waals surface area contributed by atoms with Crippen molar-refractivity contribution in [1.29, 1.82) is 0 Å². The van der Waals surface area contributed by atoms with Gasteiger partial charge in [-0.1, -0.05) is 13.3 Å². The van der Waals surface area contributed by atoms with Gasteiger partial charge in [0.1, 0.15) is 0 Å². The number of carbonyl (C=O) groups is 2. The smallest absolute Gasteiger partial charge is 0.225 e. The molecule has 0 aromatic rings. The molecule has 3 heterocycles. The first-order valence-electron chi connectivity index (χ1n) is 9.48. The molecule has 136 valence electrons. The Bertz CT molecular complexity index is 444. The third-order valence-corrected chi connectivity index (χ3v) is 5.59. The van der Waals surface area contributed by atoms with Crippen molar-refractivity contribution in [3.8, 4) is 0 Å². The minimum absolute atomic E-state index is 0.0692. The number of amides is 2. The molecule has 6 heteroatoms. The zero-order chi connectivity index (χ0) is 17.0. The summed E-state index contributed by atoms with van der Waals surface area (Å²) in [5, 5.41) is 0. The summed E-state index contributed by atoms with van der Waals surface area (Å²) in [6.45, 7) is 6.31. The Morgan fingerprint density at radius 3 is 2.21 bits per heavy atom. The van der Waals surface area contributed by atoms with Crippen LogP contribution in [0.25, 0.3) is 0 Å². The summed E-state index contributed by atoms with van der Waals surface area (Å²) in [5.41, 5.74) is 0. The third kappa shape index (κ3) is 3.91. The highest BCUT2D eigenvalue weighted by molar-refractivity contribution is 5.80. The molecule has 6 nitrogen and oxygen atoms in total. The zero-order valence-electron chi connectivity index (χ0n) is 14.8. The van der Waals surface area contributed by atoms with Crippen LogP contribution in [0, 0.1) is 5.92 Å². The number of likely N-dealkylation sites (tertiary alicyclic amines) is 2. The summed E-state index contributed by atoms with van der Waals surface area (Å²) in [6.07, 6.45) is 5.78. The van der Waals surface area contributed by atoms with E-state index in [9.17, 15) is 9.59 Å². The van der Waals surface area contributed by atoms with Gasteiger partial charge in [0.25, 0.3) is 0 Å². The molecule has 0 saturated carbocycles. The van der Waals surface area contributed by atoms with Crippen molar-refractivity contribution in [1.82, 2.24) is 9.80 Å². The minimum Gasteiger partial charge on any atom is -0.347 e. The van der Waals surface area contributed by atoms with Crippen LogP contribution in [-0.2, 0) is 19.1 Å². The first-order valence-corrected chi connectivity index (χ1v) is 9.48. The monoisotopic (exact) mass is 338 g/mol. The second kappa shape index (κ2) is 7.83. The molecule has 3 fully saturated rings. The molecule has 0 aliphatic carbocycles. The van der Waals surface area contributed by atoms with E-state index in [-0.39, 0.29) is 17.7 Å². The standard InChI is InChI=1S/C18H30N2O4/c1-2-3-4-16(21)19-9-5-15(6-10-19)17(22)20-11-7-18(8-12-20)23-13-14-24-18/h15H,2-14H2,1H3. The lowest BCUT2D eigenvalue weighted by Crippen LogP contribution is -2.50. The van der Waals surface area contributed by atoms with Gasteiger partial charge in [0.05, 0.1) is 13.2 Å². The van der Waals surface area contributed by atoms with E-state index in [4.69, 9.17) is 9.47 Å². The summed E-state index contributed by atoms with van der Waals surface area (Å²) in [6, 6.07) is 0. The van der Waals surface area contributed by atoms with Gasteiger partial charge in [-0.25, -0.2) is 0 Å². The van der Waals surface area contributed by atoms with E-state index in [2.05, 4.69) is 6.92 Å². The fourth-order valence-corrected chi connectivity index (χ4v) is 3.97. The van der Waals surface area contributed by atoms with Gasteiger partial charge in [-0.05, 0) is 19.3 Å². The molecule has 0 unspecified atom stereocenters. The number of ether oxygens (including phenoxy) is 2. The van der Waals surface area contributed by atoms with E-state index in [0.29, 0.717) is 32.7 Å². The Morgan fingerprint density at radius 1 is 1.00 bits per heavy atom. The van der Waals surface area contributed by atoms with Crippen molar-refractivity contribution in [2.24, 2.45) is 5.92 Å². The summed E-state index contributed by atoms with van der Waals surface area (Å²) >= 11 is 0. The van der Waals surface area contributed by atoms with Gasteiger partial charge in [0.2, 0.25) is 11.8 Å². The molecule has 0 radical (unpaired) electrons. The highest BCUT2D eigenvalue weighted by Crippen LogP contribution is 2.32. The van der Waals surface area contributed by atoms with Crippen molar-refractivity contribution < 1.29 is 19.1 Å². The summed E-state index contributed by atoms with van der Waals surface area (Å²) < 4.78 is 11.4. The molecule has 0 bridgehead atoms. The Hall–Kier alpha value is -1.14. The van der Waals surface area contributed by atoms with Crippen molar-refractivity contribution in [2.45, 2.75) is 57.7 Å². The average molecular weight is 338 g/mol. The Morgan fingerprint density at radius 2 is 1.62 bits per heavy atom. The fraction of sp³-hybridized carbons (Fsp3) is 0.889. The highest BCUT2D eigenvalue weighted by atomic mass is 16.7. The third-order valence-electron chi connectivity index (χ3n) is 5.59. The van der Waals surface area contributed by atoms with Crippen LogP contribution in [0.1, 0.15) is 51.9 Å². The second-order valence-corrected chi connectivity index (χ2v) is 7.19. The van der Waals surface area contributed by atoms with Gasteiger partial charge in [0, 0.05) is 51.4 Å². The van der Waals surface area contributed by atoms with Crippen molar-refractivity contribution in [3.63, 3.8) is 0 Å². The maximum atomic E-state index is 12.7. The van der Waals surface area contributed by atoms with Crippen LogP contribution in [0.5, 0.6) is 0 Å². The van der Waals surface area contributed by atoms with E-state index in [0.717, 1.165) is 51.6 Å². The molecule has 0 aromatic carbocycles. The van der Waals surface area contributed by atoms with Crippen LogP contribution in [0.15, 0.2) is 0 Å². The molecule has 2 amide bonds. The topological polar surface area (TPSA) is 59.1 Å². The first-order chi connectivity index (χ1) is 11.6. The molecule has 0 aromatic heterocycles. The quantitative estimate of drug-likeness (QED) is 0.784. The van der Waals surface area contributed by atoms with E-state index in [1.54, 1.807) is 0 Å². The molecule has 1 spiro atoms. The van der Waals surface area contributed by atoms with Crippen molar-refractivity contribution >= 4 is 11.8 Å². The van der Waals surface area contributed by atoms with Crippen LogP contribution in [0.2, 0.25) is 0 Å².